The number of anilines is 2. The van der Waals surface area contributed by atoms with Crippen molar-refractivity contribution in [2.24, 2.45) is 0 Å². The van der Waals surface area contributed by atoms with Crippen molar-refractivity contribution in [1.82, 2.24) is 14.6 Å². The van der Waals surface area contributed by atoms with Gasteiger partial charge in [0.1, 0.15) is 29.5 Å². The summed E-state index contributed by atoms with van der Waals surface area (Å²) in [6.45, 7) is 1.46. The number of rotatable bonds is 11. The summed E-state index contributed by atoms with van der Waals surface area (Å²) in [7, 11) is -3.63. The molecule has 264 valence electrons. The third kappa shape index (κ3) is 6.80. The van der Waals surface area contributed by atoms with Gasteiger partial charge in [-0.25, -0.2) is 26.6 Å². The highest BCUT2D eigenvalue weighted by Gasteiger charge is 2.54. The number of sulfonamides is 1. The maximum absolute atomic E-state index is 13.5. The Morgan fingerprint density at radius 2 is 1.79 bits per heavy atom. The molecule has 2 atom stereocenters. The van der Waals surface area contributed by atoms with Crippen molar-refractivity contribution in [2.75, 3.05) is 76.4 Å². The van der Waals surface area contributed by atoms with Crippen LogP contribution < -0.4 is 19.9 Å². The van der Waals surface area contributed by atoms with Gasteiger partial charge in [-0.15, -0.1) is 0 Å². The van der Waals surface area contributed by atoms with E-state index in [0.717, 1.165) is 24.6 Å². The quantitative estimate of drug-likeness (QED) is 0.297. The van der Waals surface area contributed by atoms with Gasteiger partial charge in [-0.1, -0.05) is 6.07 Å². The fraction of sp³-hybridized carbons (Fsp3) is 0.613. The predicted molar refractivity (Wildman–Crippen MR) is 175 cm³/mol. The lowest BCUT2D eigenvalue weighted by Gasteiger charge is -2.38. The number of piperidine rings is 1. The normalized spacial score (nSPS) is 22.6. The maximum Gasteiger partial charge on any atom is 0.407 e. The summed E-state index contributed by atoms with van der Waals surface area (Å²) in [6, 6.07) is 7.58. The van der Waals surface area contributed by atoms with E-state index in [9.17, 15) is 31.8 Å². The van der Waals surface area contributed by atoms with Crippen molar-refractivity contribution in [3.8, 4) is 5.75 Å². The van der Waals surface area contributed by atoms with Crippen LogP contribution in [0.2, 0.25) is 0 Å². The standard InChI is InChI=1S/C31H43N5O10S2/c1-34-12-13-35(2)28-27(34)15-26(18-32-28)48(42,43)36-10-8-30(9-11-36)16-24(20-45-30)46-29(39)33-17-22(38)19-44-23-4-3-5-25(14-23)47(40,41)31(21-37)6-7-31/h3-5,14-15,18,22,24,37-38H,6-13,16-17,19-21H2,1-2H3,(H,33,39)/t22?,24-/m1/s1. The van der Waals surface area contributed by atoms with Gasteiger partial charge in [0.05, 0.1) is 40.7 Å². The Labute approximate surface area is 280 Å². The van der Waals surface area contributed by atoms with Gasteiger partial charge in [-0.3, -0.25) is 0 Å². The van der Waals surface area contributed by atoms with Gasteiger partial charge in [0.25, 0.3) is 0 Å². The predicted octanol–water partition coefficient (Wildman–Crippen LogP) is 0.745. The van der Waals surface area contributed by atoms with E-state index in [0.29, 0.717) is 32.1 Å². The highest BCUT2D eigenvalue weighted by atomic mass is 32.2. The number of nitrogens with zero attached hydrogens (tertiary/aromatic N) is 4. The van der Waals surface area contributed by atoms with Crippen LogP contribution in [0.1, 0.15) is 32.1 Å². The first-order valence-electron chi connectivity index (χ1n) is 16.0. The lowest BCUT2D eigenvalue weighted by Crippen LogP contribution is -2.46. The number of benzene rings is 1. The Hall–Kier alpha value is -3.22. The highest BCUT2D eigenvalue weighted by Crippen LogP contribution is 2.46. The number of hydrogen-bond donors (Lipinski definition) is 3. The highest BCUT2D eigenvalue weighted by molar-refractivity contribution is 7.93. The summed E-state index contributed by atoms with van der Waals surface area (Å²) in [4.78, 5) is 21.1. The molecule has 15 nitrogen and oxygen atoms in total. The molecule has 1 aromatic heterocycles. The molecule has 1 unspecified atom stereocenters. The van der Waals surface area contributed by atoms with E-state index in [1.54, 1.807) is 12.1 Å². The number of carbonyl (C=O) groups is 1. The first kappa shape index (κ1) is 34.6. The SMILES string of the molecule is CN1CCN(C)c2ncc(S(=O)(=O)N3CCC4(CC3)C[C@@H](OC(=O)NCC(O)COc3cccc(S(=O)(=O)C5(CO)CC5)c3)CO4)cc21. The number of aliphatic hydroxyl groups excluding tert-OH is 2. The van der Waals surface area contributed by atoms with Crippen molar-refractivity contribution in [3.63, 3.8) is 0 Å². The van der Waals surface area contributed by atoms with Crippen molar-refractivity contribution < 1.29 is 46.1 Å². The van der Waals surface area contributed by atoms with Crippen molar-refractivity contribution in [1.29, 1.82) is 0 Å². The minimum absolute atomic E-state index is 0.0412. The molecule has 4 heterocycles. The van der Waals surface area contributed by atoms with E-state index in [2.05, 4.69) is 10.3 Å². The number of ether oxygens (including phenoxy) is 3. The van der Waals surface area contributed by atoms with Crippen LogP contribution >= 0.6 is 0 Å². The summed E-state index contributed by atoms with van der Waals surface area (Å²) >= 11 is 0. The molecule has 48 heavy (non-hydrogen) atoms. The number of fused-ring (bicyclic) bond motifs is 1. The molecule has 4 aliphatic rings. The Kier molecular flexibility index (Phi) is 9.56. The maximum atomic E-state index is 13.5. The van der Waals surface area contributed by atoms with Gasteiger partial charge < -0.3 is 39.5 Å². The van der Waals surface area contributed by atoms with Crippen LogP contribution in [0.3, 0.4) is 0 Å². The second-order valence-electron chi connectivity index (χ2n) is 13.2. The zero-order valence-corrected chi connectivity index (χ0v) is 28.7. The average molecular weight is 710 g/mol. The number of aromatic nitrogens is 1. The molecule has 1 amide bonds. The summed E-state index contributed by atoms with van der Waals surface area (Å²) in [5.74, 6) is 0.984. The average Bonchev–Trinajstić information content (AvgIpc) is 3.81. The van der Waals surface area contributed by atoms with Crippen LogP contribution in [-0.2, 0) is 29.3 Å². The molecule has 1 spiro atoms. The van der Waals surface area contributed by atoms with Gasteiger partial charge >= 0.3 is 6.09 Å². The second-order valence-corrected chi connectivity index (χ2v) is 17.4. The molecule has 1 saturated carbocycles. The first-order chi connectivity index (χ1) is 22.8. The van der Waals surface area contributed by atoms with Crippen molar-refractivity contribution >= 4 is 37.5 Å². The van der Waals surface area contributed by atoms with Gasteiger partial charge in [0.2, 0.25) is 10.0 Å². The number of nitrogens with one attached hydrogen (secondary N) is 1. The molecule has 6 rings (SSSR count). The third-order valence-electron chi connectivity index (χ3n) is 9.79. The zero-order valence-electron chi connectivity index (χ0n) is 27.1. The summed E-state index contributed by atoms with van der Waals surface area (Å²) in [5, 5.41) is 22.4. The van der Waals surface area contributed by atoms with E-state index >= 15 is 0 Å². The number of carbonyl (C=O) groups excluding carboxylic acids is 1. The Balaban J connectivity index is 0.941. The number of hydrogen-bond acceptors (Lipinski definition) is 13. The smallest absolute Gasteiger partial charge is 0.407 e. The fourth-order valence-electron chi connectivity index (χ4n) is 6.46. The van der Waals surface area contributed by atoms with Crippen LogP contribution in [0, 0.1) is 0 Å². The molecule has 2 aromatic rings. The Morgan fingerprint density at radius 1 is 1.06 bits per heavy atom. The number of pyridine rings is 1. The van der Waals surface area contributed by atoms with Gasteiger partial charge in [-0.05, 0) is 49.9 Å². The van der Waals surface area contributed by atoms with Crippen LogP contribution in [-0.4, -0.2) is 132 Å². The molecule has 17 heteroatoms. The number of amides is 1. The fourth-order valence-corrected chi connectivity index (χ4v) is 9.70. The molecule has 1 aromatic carbocycles. The lowest BCUT2D eigenvalue weighted by molar-refractivity contribution is -0.0325. The Bertz CT molecular complexity index is 1730. The molecule has 0 bridgehead atoms. The van der Waals surface area contributed by atoms with Crippen LogP contribution in [0.5, 0.6) is 5.75 Å². The van der Waals surface area contributed by atoms with E-state index in [4.69, 9.17) is 14.2 Å². The van der Waals surface area contributed by atoms with Crippen molar-refractivity contribution in [3.05, 3.63) is 36.5 Å². The monoisotopic (exact) mass is 709 g/mol. The summed E-state index contributed by atoms with van der Waals surface area (Å²) in [5.41, 5.74) is 0.180. The van der Waals surface area contributed by atoms with E-state index in [1.807, 2.05) is 23.9 Å². The first-order valence-corrected chi connectivity index (χ1v) is 19.0. The summed E-state index contributed by atoms with van der Waals surface area (Å²) < 4.78 is 70.2. The number of aliphatic hydroxyl groups is 2. The molecular weight excluding hydrogens is 667 g/mol. The number of likely N-dealkylation sites (N-methyl/N-ethyl adjacent to an activating group) is 2. The van der Waals surface area contributed by atoms with E-state index in [1.165, 1.54) is 28.7 Å². The molecule has 1 aliphatic carbocycles. The van der Waals surface area contributed by atoms with Crippen LogP contribution in [0.15, 0.2) is 46.3 Å². The van der Waals surface area contributed by atoms with Crippen LogP contribution in [0.25, 0.3) is 0 Å². The topological polar surface area (TPSA) is 188 Å². The molecule has 3 N–H and O–H groups in total. The lowest BCUT2D eigenvalue weighted by atomic mass is 9.89. The van der Waals surface area contributed by atoms with Crippen LogP contribution in [0.4, 0.5) is 16.3 Å². The van der Waals surface area contributed by atoms with Crippen molar-refractivity contribution in [2.45, 2.75) is 64.5 Å². The third-order valence-corrected chi connectivity index (χ3v) is 14.2. The second kappa shape index (κ2) is 13.2. The zero-order chi connectivity index (χ0) is 34.3. The minimum atomic E-state index is -3.76. The van der Waals surface area contributed by atoms with Gasteiger partial charge in [-0.2, -0.15) is 4.31 Å². The van der Waals surface area contributed by atoms with E-state index < -0.39 is 55.1 Å². The Morgan fingerprint density at radius 3 is 2.50 bits per heavy atom. The minimum Gasteiger partial charge on any atom is -0.491 e. The summed E-state index contributed by atoms with van der Waals surface area (Å²) in [6.07, 6.45) is 1.18. The molecular formula is C31H43N5O10S2. The molecule has 3 fully saturated rings. The largest absolute Gasteiger partial charge is 0.491 e. The van der Waals surface area contributed by atoms with Gasteiger partial charge in [0, 0.05) is 52.9 Å². The molecule has 3 aliphatic heterocycles. The van der Waals surface area contributed by atoms with E-state index in [-0.39, 0.29) is 48.4 Å². The molecule has 2 saturated heterocycles. The number of alkyl carbamates (subject to hydrolysis) is 1. The van der Waals surface area contributed by atoms with Gasteiger partial charge in [0.15, 0.2) is 15.7 Å². The molecule has 0 radical (unpaired) electrons. The number of sulfone groups is 1.